The van der Waals surface area contributed by atoms with Crippen LogP contribution >= 0.6 is 15.6 Å². The Balaban J connectivity index is -0.0000000591. The summed E-state index contributed by atoms with van der Waals surface area (Å²) in [7, 11) is -9.28. The summed E-state index contributed by atoms with van der Waals surface area (Å²) in [6.45, 7) is -0.193. The van der Waals surface area contributed by atoms with Gasteiger partial charge in [-0.2, -0.15) is 0 Å². The summed E-state index contributed by atoms with van der Waals surface area (Å²) in [4.78, 5) is 62.0. The van der Waals surface area contributed by atoms with Crippen molar-refractivity contribution < 1.29 is 104 Å². The van der Waals surface area contributed by atoms with Crippen LogP contribution in [0.15, 0.2) is 0 Å². The Morgan fingerprint density at radius 2 is 0.842 bits per heavy atom. The zero-order valence-corrected chi connectivity index (χ0v) is 22.1. The van der Waals surface area contributed by atoms with E-state index in [1.54, 1.807) is 0 Å². The van der Waals surface area contributed by atoms with Gasteiger partial charge in [-0.05, 0) is 13.3 Å². The molecule has 0 aromatic heterocycles. The van der Waals surface area contributed by atoms with E-state index in [9.17, 15) is 9.59 Å². The predicted molar refractivity (Wildman–Crippen MR) is 124 cm³/mol. The molecule has 0 heterocycles. The molecular weight excluding hydrogens is 578 g/mol. The van der Waals surface area contributed by atoms with Gasteiger partial charge in [0.25, 0.3) is 0 Å². The van der Waals surface area contributed by atoms with Crippen molar-refractivity contribution in [2.24, 2.45) is 0 Å². The molecule has 238 valence electrons. The maximum absolute atomic E-state index is 9.64. The molecule has 0 aromatic rings. The molecule has 23 heteroatoms. The van der Waals surface area contributed by atoms with Crippen LogP contribution in [0.25, 0.3) is 0 Å². The van der Waals surface area contributed by atoms with Gasteiger partial charge in [0.2, 0.25) is 6.29 Å². The third-order valence-electron chi connectivity index (χ3n) is 1.77. The Bertz CT molecular complexity index is 480. The Morgan fingerprint density at radius 1 is 0.632 bits per heavy atom. The molecular formula is C15H42O21P2. The molecule has 0 saturated carbocycles. The van der Waals surface area contributed by atoms with Crippen molar-refractivity contribution in [2.45, 2.75) is 38.3 Å². The van der Waals surface area contributed by atoms with Crippen LogP contribution in [0.2, 0.25) is 0 Å². The fourth-order valence-corrected chi connectivity index (χ4v) is 0.239. The van der Waals surface area contributed by atoms with Gasteiger partial charge >= 0.3 is 15.6 Å². The highest BCUT2D eigenvalue weighted by atomic mass is 31.2. The minimum Gasteiger partial charge on any atom is -0.396 e. The molecule has 0 aromatic carbocycles. The SMILES string of the molecule is CC(=O)C(O)O.O=CCCO.O=P(O)(O)O.O=P(O)(O)O.OCC(O)CO.OCC(O)CO.OCCCO. The highest BCUT2D eigenvalue weighted by molar-refractivity contribution is 7.45. The molecule has 0 atom stereocenters. The van der Waals surface area contributed by atoms with E-state index in [0.717, 1.165) is 6.92 Å². The first kappa shape index (κ1) is 53.4. The van der Waals surface area contributed by atoms with Gasteiger partial charge in [-0.1, -0.05) is 0 Å². The maximum atomic E-state index is 9.64. The molecule has 0 aliphatic rings. The number of hydrogen-bond acceptors (Lipinski definition) is 15. The van der Waals surface area contributed by atoms with E-state index >= 15 is 0 Å². The van der Waals surface area contributed by atoms with E-state index in [-0.39, 0.29) is 52.7 Å². The van der Waals surface area contributed by atoms with Gasteiger partial charge in [0.1, 0.15) is 18.5 Å². The molecule has 0 amide bonds. The number of phosphoric acid groups is 2. The number of aldehydes is 1. The summed E-state index contributed by atoms with van der Waals surface area (Å²) in [5, 5.41) is 87.4. The molecule has 0 aliphatic carbocycles. The molecule has 0 saturated heterocycles. The van der Waals surface area contributed by atoms with Gasteiger partial charge in [-0.25, -0.2) is 9.13 Å². The van der Waals surface area contributed by atoms with Crippen LogP contribution < -0.4 is 0 Å². The van der Waals surface area contributed by atoms with E-state index < -0.39 is 39.9 Å². The summed E-state index contributed by atoms with van der Waals surface area (Å²) in [6.07, 6.45) is -2.25. The van der Waals surface area contributed by atoms with E-state index in [0.29, 0.717) is 12.7 Å². The molecule has 0 spiro atoms. The minimum absolute atomic E-state index is 0.0243. The van der Waals surface area contributed by atoms with E-state index in [1.165, 1.54) is 0 Å². The number of aliphatic hydroxyl groups excluding tert-OH is 10. The molecule has 21 nitrogen and oxygen atoms in total. The number of hydrogen-bond donors (Lipinski definition) is 17. The maximum Gasteiger partial charge on any atom is 0.466 e. The molecule has 0 aliphatic heterocycles. The predicted octanol–water partition coefficient (Wildman–Crippen LogP) is -7.38. The lowest BCUT2D eigenvalue weighted by molar-refractivity contribution is -0.142. The molecule has 0 rings (SSSR count). The first-order valence-corrected chi connectivity index (χ1v) is 12.7. The van der Waals surface area contributed by atoms with Crippen molar-refractivity contribution in [1.82, 2.24) is 0 Å². The van der Waals surface area contributed by atoms with Crippen molar-refractivity contribution in [3.05, 3.63) is 0 Å². The summed E-state index contributed by atoms with van der Waals surface area (Å²) < 4.78 is 17.8. The molecule has 0 fully saturated rings. The Labute approximate surface area is 217 Å². The highest BCUT2D eigenvalue weighted by Crippen LogP contribution is 2.26. The van der Waals surface area contributed by atoms with E-state index in [2.05, 4.69) is 0 Å². The first-order chi connectivity index (χ1) is 17.1. The zero-order valence-electron chi connectivity index (χ0n) is 20.3. The second kappa shape index (κ2) is 40.6. The second-order valence-electron chi connectivity index (χ2n) is 5.53. The van der Waals surface area contributed by atoms with Gasteiger partial charge in [0, 0.05) is 26.2 Å². The van der Waals surface area contributed by atoms with Gasteiger partial charge in [0.15, 0.2) is 5.78 Å². The van der Waals surface area contributed by atoms with Crippen molar-refractivity contribution in [3.63, 3.8) is 0 Å². The number of carbonyl (C=O) groups is 2. The Morgan fingerprint density at radius 3 is 0.842 bits per heavy atom. The van der Waals surface area contributed by atoms with Gasteiger partial charge in [0.05, 0.1) is 26.4 Å². The summed E-state index contributed by atoms with van der Waals surface area (Å²) in [5.41, 5.74) is 0. The number of ketones is 1. The van der Waals surface area contributed by atoms with Crippen molar-refractivity contribution in [3.8, 4) is 0 Å². The fourth-order valence-electron chi connectivity index (χ4n) is 0.239. The number of rotatable bonds is 9. The average molecular weight is 620 g/mol. The normalized spacial score (nSPS) is 9.82. The Hall–Kier alpha value is -0.880. The van der Waals surface area contributed by atoms with Crippen LogP contribution in [0.1, 0.15) is 19.8 Å². The number of carbonyl (C=O) groups excluding carboxylic acids is 2. The average Bonchev–Trinajstić information content (AvgIpc) is 2.78. The standard InChI is InChI=1S/2C3H8O3.C3H6O3.C3H8O2.C3H6O2.2H3O4P/c2*4-1-3(6)2-5;1-2(4)3(5)6;2*4-2-1-3-5;2*1-5(2,3)4/h2*3-6H,1-2H2;3,5-6H,1H3;4-5H,1-3H2;2,5H,1,3H2;2*(H3,1,2,3,4). The lowest BCUT2D eigenvalue weighted by Gasteiger charge is -1.96. The van der Waals surface area contributed by atoms with Crippen LogP contribution in [0.5, 0.6) is 0 Å². The van der Waals surface area contributed by atoms with Crippen molar-refractivity contribution >= 4 is 27.7 Å². The first-order valence-electron chi connectivity index (χ1n) is 9.58. The minimum atomic E-state index is -4.64. The summed E-state index contributed by atoms with van der Waals surface area (Å²) in [6, 6.07) is 0. The lowest BCUT2D eigenvalue weighted by Crippen LogP contribution is -2.15. The number of aliphatic hydroxyl groups is 11. The van der Waals surface area contributed by atoms with Gasteiger partial charge in [-0.15, -0.1) is 0 Å². The van der Waals surface area contributed by atoms with Crippen LogP contribution in [-0.4, -0.2) is 162 Å². The van der Waals surface area contributed by atoms with Crippen LogP contribution in [0, 0.1) is 0 Å². The van der Waals surface area contributed by atoms with E-state index in [4.69, 9.17) is 94.7 Å². The third kappa shape index (κ3) is 179. The molecule has 17 N–H and O–H groups in total. The van der Waals surface area contributed by atoms with Crippen LogP contribution in [-0.2, 0) is 18.7 Å². The number of Topliss-reactive ketones (excluding diaryl/α,β-unsaturated/α-hetero) is 1. The van der Waals surface area contributed by atoms with Gasteiger partial charge < -0.3 is 90.3 Å². The summed E-state index contributed by atoms with van der Waals surface area (Å²) >= 11 is 0. The molecule has 0 unspecified atom stereocenters. The Kier molecular flexibility index (Phi) is 57.1. The van der Waals surface area contributed by atoms with Crippen molar-refractivity contribution in [2.75, 3.05) is 46.2 Å². The summed E-state index contributed by atoms with van der Waals surface area (Å²) in [5.74, 6) is -0.630. The van der Waals surface area contributed by atoms with Crippen LogP contribution in [0.3, 0.4) is 0 Å². The van der Waals surface area contributed by atoms with Crippen LogP contribution in [0.4, 0.5) is 0 Å². The molecule has 38 heavy (non-hydrogen) atoms. The van der Waals surface area contributed by atoms with Gasteiger partial charge in [-0.3, -0.25) is 4.79 Å². The highest BCUT2D eigenvalue weighted by Gasteiger charge is 2.01. The molecule has 0 radical (unpaired) electrons. The fraction of sp³-hybridized carbons (Fsp3) is 0.867. The topological polar surface area (TPSA) is 412 Å². The molecule has 0 bridgehead atoms. The second-order valence-corrected chi connectivity index (χ2v) is 7.58. The largest absolute Gasteiger partial charge is 0.466 e. The smallest absolute Gasteiger partial charge is 0.396 e. The zero-order chi connectivity index (χ0) is 32.4. The third-order valence-corrected chi connectivity index (χ3v) is 1.77. The lowest BCUT2D eigenvalue weighted by atomic mass is 10.4. The van der Waals surface area contributed by atoms with Crippen molar-refractivity contribution in [1.29, 1.82) is 0 Å². The van der Waals surface area contributed by atoms with E-state index in [1.807, 2.05) is 0 Å². The monoisotopic (exact) mass is 620 g/mol. The quantitative estimate of drug-likeness (QED) is 0.0646.